The fraction of sp³-hybridized carbons (Fsp3) is 0.294. The maximum absolute atomic E-state index is 14.8. The molecule has 11 heteroatoms. The summed E-state index contributed by atoms with van der Waals surface area (Å²) in [5.74, 6) is -4.35. The number of Topliss-reactive ketones (excluding diaryl/α,β-unsaturated/α-hetero) is 2. The summed E-state index contributed by atoms with van der Waals surface area (Å²) < 4.78 is 5.83. The van der Waals surface area contributed by atoms with E-state index < -0.39 is 53.7 Å². The first-order valence-electron chi connectivity index (χ1n) is 20.9. The van der Waals surface area contributed by atoms with Crippen LogP contribution in [0.15, 0.2) is 140 Å². The Labute approximate surface area is 362 Å². The van der Waals surface area contributed by atoms with E-state index in [-0.39, 0.29) is 50.4 Å². The minimum absolute atomic E-state index is 0.0181. The van der Waals surface area contributed by atoms with Crippen molar-refractivity contribution >= 4 is 35.4 Å². The largest absolute Gasteiger partial charge is 0.481 e. The molecule has 0 spiro atoms. The lowest BCUT2D eigenvalue weighted by molar-refractivity contribution is -0.149. The standard InChI is InChI=1S/C51H53N3O8/c1-34(50(59)60)29-47(56)45(30-36-19-9-5-10-20-36)53(2)49(58)46(31-37-21-11-6-12-22-37)54(3)48(57)44(32-38(55)28-27-35-17-7-4-8-18-35)52-51(61)62-33-43-41-25-15-13-23-39(41)40-24-14-16-26-42(40)43/h4-26,34,43-46H,27-33H2,1-3H3,(H,52,61)(H,59,60)/t34-,44+,45+,46+/m1/s1. The van der Waals surface area contributed by atoms with E-state index in [1.807, 2.05) is 140 Å². The second-order valence-corrected chi connectivity index (χ2v) is 16.0. The van der Waals surface area contributed by atoms with E-state index in [9.17, 15) is 33.9 Å². The molecule has 4 atom stereocenters. The van der Waals surface area contributed by atoms with Gasteiger partial charge in [-0.15, -0.1) is 0 Å². The molecule has 0 aliphatic heterocycles. The SMILES string of the molecule is C[C@H](CC(=O)[C@H](Cc1ccccc1)N(C)C(=O)[C@H](Cc1ccccc1)N(C)C(=O)[C@H](CC(=O)CCc1ccccc1)NC(=O)OCC1c2ccccc2-c2ccccc21)C(=O)O. The zero-order valence-corrected chi connectivity index (χ0v) is 35.3. The van der Waals surface area contributed by atoms with Crippen LogP contribution in [-0.4, -0.2) is 89.2 Å². The van der Waals surface area contributed by atoms with E-state index in [1.165, 1.54) is 30.8 Å². The van der Waals surface area contributed by atoms with Gasteiger partial charge in [0.1, 0.15) is 24.5 Å². The molecule has 2 N–H and O–H groups in total. The van der Waals surface area contributed by atoms with E-state index >= 15 is 0 Å². The minimum atomic E-state index is -1.39. The summed E-state index contributed by atoms with van der Waals surface area (Å²) in [7, 11) is 2.93. The number of aryl methyl sites for hydroxylation is 1. The quantitative estimate of drug-likeness (QED) is 0.0830. The van der Waals surface area contributed by atoms with Crippen molar-refractivity contribution in [1.82, 2.24) is 15.1 Å². The maximum atomic E-state index is 14.8. The first kappa shape index (κ1) is 44.7. The number of ether oxygens (including phenoxy) is 1. The van der Waals surface area contributed by atoms with E-state index in [4.69, 9.17) is 4.74 Å². The van der Waals surface area contributed by atoms with Crippen molar-refractivity contribution in [2.45, 2.75) is 69.5 Å². The monoisotopic (exact) mass is 835 g/mol. The van der Waals surface area contributed by atoms with Gasteiger partial charge in [0.05, 0.1) is 12.0 Å². The number of carboxylic acids is 1. The molecule has 6 rings (SSSR count). The molecule has 5 aromatic rings. The summed E-state index contributed by atoms with van der Waals surface area (Å²) in [5.41, 5.74) is 6.57. The first-order chi connectivity index (χ1) is 29.9. The van der Waals surface area contributed by atoms with Gasteiger partial charge in [0.2, 0.25) is 11.8 Å². The Morgan fingerprint density at radius 3 is 1.61 bits per heavy atom. The summed E-state index contributed by atoms with van der Waals surface area (Å²) in [4.78, 5) is 85.1. The summed E-state index contributed by atoms with van der Waals surface area (Å²) in [6, 6.07) is 39.9. The van der Waals surface area contributed by atoms with Crippen molar-refractivity contribution in [3.05, 3.63) is 167 Å². The molecule has 0 fully saturated rings. The molecule has 0 saturated carbocycles. The third kappa shape index (κ3) is 11.3. The highest BCUT2D eigenvalue weighted by molar-refractivity contribution is 5.97. The van der Waals surface area contributed by atoms with Gasteiger partial charge in [0, 0.05) is 45.7 Å². The molecular weight excluding hydrogens is 783 g/mol. The van der Waals surface area contributed by atoms with Gasteiger partial charge in [0.25, 0.3) is 0 Å². The van der Waals surface area contributed by atoms with Crippen LogP contribution < -0.4 is 5.32 Å². The molecule has 0 bridgehead atoms. The van der Waals surface area contributed by atoms with Crippen LogP contribution in [-0.2, 0) is 48.0 Å². The highest BCUT2D eigenvalue weighted by atomic mass is 16.5. The molecule has 3 amide bonds. The van der Waals surface area contributed by atoms with Crippen LogP contribution in [0.4, 0.5) is 4.79 Å². The summed E-state index contributed by atoms with van der Waals surface area (Å²) in [5, 5.41) is 12.3. The predicted octanol–water partition coefficient (Wildman–Crippen LogP) is 7.31. The number of alkyl carbamates (subject to hydrolysis) is 1. The Hall–Kier alpha value is -6.88. The zero-order valence-electron chi connectivity index (χ0n) is 35.3. The van der Waals surface area contributed by atoms with Crippen molar-refractivity contribution in [3.63, 3.8) is 0 Å². The number of aliphatic carboxylic acids is 1. The highest BCUT2D eigenvalue weighted by Gasteiger charge is 2.39. The normalized spacial score (nSPS) is 13.7. The van der Waals surface area contributed by atoms with Crippen molar-refractivity contribution < 1.29 is 38.6 Å². The van der Waals surface area contributed by atoms with Gasteiger partial charge in [-0.3, -0.25) is 24.0 Å². The van der Waals surface area contributed by atoms with Crippen molar-refractivity contribution in [2.75, 3.05) is 20.7 Å². The number of carbonyl (C=O) groups is 6. The fourth-order valence-corrected chi connectivity index (χ4v) is 8.09. The first-order valence-corrected chi connectivity index (χ1v) is 20.9. The van der Waals surface area contributed by atoms with Gasteiger partial charge in [-0.05, 0) is 51.8 Å². The third-order valence-electron chi connectivity index (χ3n) is 11.7. The molecule has 0 radical (unpaired) electrons. The smallest absolute Gasteiger partial charge is 0.407 e. The Kier molecular flexibility index (Phi) is 15.2. The van der Waals surface area contributed by atoms with Gasteiger partial charge in [-0.2, -0.15) is 0 Å². The summed E-state index contributed by atoms with van der Waals surface area (Å²) in [6.07, 6.45) is -0.853. The molecule has 1 aliphatic carbocycles. The Morgan fingerprint density at radius 1 is 0.613 bits per heavy atom. The second-order valence-electron chi connectivity index (χ2n) is 16.0. The molecule has 1 aliphatic rings. The lowest BCUT2D eigenvalue weighted by Crippen LogP contribution is -2.58. The van der Waals surface area contributed by atoms with Crippen LogP contribution in [0.2, 0.25) is 0 Å². The highest BCUT2D eigenvalue weighted by Crippen LogP contribution is 2.44. The lowest BCUT2D eigenvalue weighted by Gasteiger charge is -2.36. The van der Waals surface area contributed by atoms with Crippen LogP contribution in [0.3, 0.4) is 0 Å². The van der Waals surface area contributed by atoms with Gasteiger partial charge in [-0.1, -0.05) is 146 Å². The van der Waals surface area contributed by atoms with Gasteiger partial charge in [-0.25, -0.2) is 4.79 Å². The molecule has 0 saturated heterocycles. The maximum Gasteiger partial charge on any atom is 0.407 e. The Bertz CT molecular complexity index is 2310. The van der Waals surface area contributed by atoms with E-state index in [2.05, 4.69) is 5.32 Å². The van der Waals surface area contributed by atoms with Crippen LogP contribution >= 0.6 is 0 Å². The van der Waals surface area contributed by atoms with Crippen molar-refractivity contribution in [1.29, 1.82) is 0 Å². The third-order valence-corrected chi connectivity index (χ3v) is 11.7. The predicted molar refractivity (Wildman–Crippen MR) is 236 cm³/mol. The van der Waals surface area contributed by atoms with Crippen LogP contribution in [0.25, 0.3) is 11.1 Å². The Morgan fingerprint density at radius 2 is 1.08 bits per heavy atom. The molecular formula is C51H53N3O8. The second kappa shape index (κ2) is 21.1. The van der Waals surface area contributed by atoms with E-state index in [1.54, 1.807) is 0 Å². The average Bonchev–Trinajstić information content (AvgIpc) is 3.61. The number of hydrogen-bond donors (Lipinski definition) is 2. The van der Waals surface area contributed by atoms with Gasteiger partial charge in [0.15, 0.2) is 5.78 Å². The molecule has 11 nitrogen and oxygen atoms in total. The van der Waals surface area contributed by atoms with Gasteiger partial charge < -0.3 is 25.0 Å². The minimum Gasteiger partial charge on any atom is -0.481 e. The average molecular weight is 836 g/mol. The number of amides is 3. The molecule has 320 valence electrons. The number of carboxylic acid groups (broad SMARTS) is 1. The fourth-order valence-electron chi connectivity index (χ4n) is 8.09. The van der Waals surface area contributed by atoms with Crippen LogP contribution in [0, 0.1) is 5.92 Å². The van der Waals surface area contributed by atoms with E-state index in [0.717, 1.165) is 38.9 Å². The van der Waals surface area contributed by atoms with Crippen molar-refractivity contribution in [2.24, 2.45) is 5.92 Å². The number of likely N-dealkylation sites (N-methyl/N-ethyl adjacent to an activating group) is 2. The Balaban J connectivity index is 1.26. The number of hydrogen-bond acceptors (Lipinski definition) is 7. The number of carbonyl (C=O) groups excluding carboxylic acids is 5. The number of nitrogens with zero attached hydrogens (tertiary/aromatic N) is 2. The summed E-state index contributed by atoms with van der Waals surface area (Å²) >= 11 is 0. The van der Waals surface area contributed by atoms with E-state index in [0.29, 0.717) is 6.42 Å². The number of fused-ring (bicyclic) bond motifs is 3. The molecule has 0 aromatic heterocycles. The number of benzene rings is 5. The topological polar surface area (TPSA) is 150 Å². The number of ketones is 2. The molecule has 5 aromatic carbocycles. The number of rotatable bonds is 20. The van der Waals surface area contributed by atoms with Crippen LogP contribution in [0.5, 0.6) is 0 Å². The van der Waals surface area contributed by atoms with Crippen LogP contribution in [0.1, 0.15) is 59.9 Å². The lowest BCUT2D eigenvalue weighted by atomic mass is 9.93. The molecule has 0 heterocycles. The van der Waals surface area contributed by atoms with Crippen molar-refractivity contribution in [3.8, 4) is 11.1 Å². The summed E-state index contributed by atoms with van der Waals surface area (Å²) in [6.45, 7) is 1.42. The molecule has 62 heavy (non-hydrogen) atoms. The number of nitrogens with one attached hydrogen (secondary N) is 1. The molecule has 0 unspecified atom stereocenters. The van der Waals surface area contributed by atoms with Gasteiger partial charge >= 0.3 is 12.1 Å². The zero-order chi connectivity index (χ0) is 44.2.